The summed E-state index contributed by atoms with van der Waals surface area (Å²) in [6.07, 6.45) is 0. The smallest absolute Gasteiger partial charge is 0.464 e. The van der Waals surface area contributed by atoms with Crippen LogP contribution in [0.3, 0.4) is 0 Å². The molecule has 0 unspecified atom stereocenters. The zero-order chi connectivity index (χ0) is 20.9. The molecule has 0 amide bonds. The van der Waals surface area contributed by atoms with Gasteiger partial charge in [-0.1, -0.05) is 72.8 Å². The van der Waals surface area contributed by atoms with Crippen LogP contribution in [0, 0.1) is 0 Å². The Labute approximate surface area is 177 Å². The second kappa shape index (κ2) is 6.87. The zero-order valence-corrected chi connectivity index (χ0v) is 17.8. The maximum atomic E-state index is 6.44. The molecule has 0 atom stereocenters. The fourth-order valence-electron chi connectivity index (χ4n) is 4.03. The molecule has 4 heteroatoms. The molecule has 0 bridgehead atoms. The fourth-order valence-corrected chi connectivity index (χ4v) is 4.03. The number of benzene rings is 3. The summed E-state index contributed by atoms with van der Waals surface area (Å²) in [6.45, 7) is 8.25. The second-order valence-corrected chi connectivity index (χ2v) is 8.84. The van der Waals surface area contributed by atoms with Crippen LogP contribution in [0.25, 0.3) is 33.2 Å². The van der Waals surface area contributed by atoms with Crippen molar-refractivity contribution in [1.82, 2.24) is 0 Å². The van der Waals surface area contributed by atoms with Gasteiger partial charge in [-0.2, -0.15) is 0 Å². The Morgan fingerprint density at radius 3 is 1.80 bits per heavy atom. The first-order valence-electron chi connectivity index (χ1n) is 10.4. The van der Waals surface area contributed by atoms with Crippen LogP contribution in [0.15, 0.2) is 83.3 Å². The van der Waals surface area contributed by atoms with Gasteiger partial charge in [-0.05, 0) is 50.5 Å². The van der Waals surface area contributed by atoms with E-state index in [9.17, 15) is 0 Å². The SMILES string of the molecule is CC1(C)OB(c2oc3cccc(-c4ccccc4)c3c2-c2ccccc2)OC1(C)C. The minimum absolute atomic E-state index is 0.438. The van der Waals surface area contributed by atoms with Crippen molar-refractivity contribution in [2.75, 3.05) is 0 Å². The van der Waals surface area contributed by atoms with E-state index in [1.807, 2.05) is 36.4 Å². The number of furan rings is 1. The van der Waals surface area contributed by atoms with E-state index in [1.54, 1.807) is 0 Å². The van der Waals surface area contributed by atoms with Crippen LogP contribution in [0.4, 0.5) is 0 Å². The summed E-state index contributed by atoms with van der Waals surface area (Å²) < 4.78 is 19.2. The van der Waals surface area contributed by atoms with Crippen molar-refractivity contribution in [2.45, 2.75) is 38.9 Å². The van der Waals surface area contributed by atoms with Crippen molar-refractivity contribution in [3.05, 3.63) is 78.9 Å². The van der Waals surface area contributed by atoms with Gasteiger partial charge in [-0.25, -0.2) is 0 Å². The molecule has 5 rings (SSSR count). The number of rotatable bonds is 3. The third kappa shape index (κ3) is 2.99. The van der Waals surface area contributed by atoms with E-state index in [-0.39, 0.29) is 0 Å². The highest BCUT2D eigenvalue weighted by Crippen LogP contribution is 2.41. The third-order valence-electron chi connectivity index (χ3n) is 6.36. The molecule has 0 spiro atoms. The van der Waals surface area contributed by atoms with Crippen molar-refractivity contribution in [2.24, 2.45) is 0 Å². The van der Waals surface area contributed by atoms with Crippen molar-refractivity contribution < 1.29 is 13.7 Å². The molecule has 1 aliphatic heterocycles. The summed E-state index contributed by atoms with van der Waals surface area (Å²) in [4.78, 5) is 0. The highest BCUT2D eigenvalue weighted by molar-refractivity contribution is 6.63. The molecule has 0 aliphatic carbocycles. The van der Waals surface area contributed by atoms with Gasteiger partial charge < -0.3 is 13.7 Å². The first-order chi connectivity index (χ1) is 14.4. The summed E-state index contributed by atoms with van der Waals surface area (Å²) in [7, 11) is -0.568. The van der Waals surface area contributed by atoms with Crippen molar-refractivity contribution in [1.29, 1.82) is 0 Å². The minimum atomic E-state index is -0.568. The van der Waals surface area contributed by atoms with Gasteiger partial charge in [0.15, 0.2) is 0 Å². The van der Waals surface area contributed by atoms with Gasteiger partial charge in [0.25, 0.3) is 0 Å². The molecule has 1 aliphatic rings. The average Bonchev–Trinajstić information content (AvgIpc) is 3.23. The van der Waals surface area contributed by atoms with Gasteiger partial charge in [0.1, 0.15) is 11.2 Å². The molecule has 2 heterocycles. The fraction of sp³-hybridized carbons (Fsp3) is 0.231. The summed E-state index contributed by atoms with van der Waals surface area (Å²) in [5.41, 5.74) is 5.09. The summed E-state index contributed by atoms with van der Waals surface area (Å²) in [5, 5.41) is 1.08. The predicted molar refractivity (Wildman–Crippen MR) is 123 cm³/mol. The Balaban J connectivity index is 1.79. The van der Waals surface area contributed by atoms with Crippen molar-refractivity contribution in [3.63, 3.8) is 0 Å². The van der Waals surface area contributed by atoms with Gasteiger partial charge in [0.05, 0.1) is 11.2 Å². The largest absolute Gasteiger partial charge is 0.533 e. The Bertz CT molecular complexity index is 1180. The predicted octanol–water partition coefficient (Wildman–Crippen LogP) is 6.07. The first-order valence-corrected chi connectivity index (χ1v) is 10.4. The zero-order valence-electron chi connectivity index (χ0n) is 17.8. The molecule has 0 saturated carbocycles. The standard InChI is InChI=1S/C26H25BO3/c1-25(2)26(3,4)30-27(29-25)24-22(19-14-9-6-10-15-19)23-20(16-11-17-21(23)28-24)18-12-7-5-8-13-18/h5-17H,1-4H3. The van der Waals surface area contributed by atoms with Gasteiger partial charge in [0, 0.05) is 10.9 Å². The van der Waals surface area contributed by atoms with E-state index in [2.05, 4.69) is 70.2 Å². The van der Waals surface area contributed by atoms with Crippen LogP contribution in [0.1, 0.15) is 27.7 Å². The lowest BCUT2D eigenvalue weighted by Gasteiger charge is -2.32. The van der Waals surface area contributed by atoms with E-state index in [4.69, 9.17) is 13.7 Å². The maximum Gasteiger partial charge on any atom is 0.533 e. The Morgan fingerprint density at radius 2 is 1.20 bits per heavy atom. The van der Waals surface area contributed by atoms with E-state index >= 15 is 0 Å². The first kappa shape index (κ1) is 19.2. The van der Waals surface area contributed by atoms with Crippen molar-refractivity contribution in [3.8, 4) is 22.3 Å². The van der Waals surface area contributed by atoms with E-state index < -0.39 is 18.3 Å². The second-order valence-electron chi connectivity index (χ2n) is 8.84. The highest BCUT2D eigenvalue weighted by Gasteiger charge is 2.54. The Hall–Kier alpha value is -2.82. The van der Waals surface area contributed by atoms with E-state index in [1.165, 1.54) is 0 Å². The molecule has 0 radical (unpaired) electrons. The van der Waals surface area contributed by atoms with Crippen molar-refractivity contribution >= 4 is 23.7 Å². The lowest BCUT2D eigenvalue weighted by atomic mass is 9.80. The summed E-state index contributed by atoms with van der Waals surface area (Å²) >= 11 is 0. The van der Waals surface area contributed by atoms with E-state index in [0.717, 1.165) is 38.9 Å². The van der Waals surface area contributed by atoms with Crippen LogP contribution in [0.2, 0.25) is 0 Å². The Morgan fingerprint density at radius 1 is 0.633 bits per heavy atom. The van der Waals surface area contributed by atoms with Crippen LogP contribution in [-0.2, 0) is 9.31 Å². The van der Waals surface area contributed by atoms with Crippen LogP contribution in [0.5, 0.6) is 0 Å². The quantitative estimate of drug-likeness (QED) is 0.394. The monoisotopic (exact) mass is 396 g/mol. The summed E-state index contributed by atoms with van der Waals surface area (Å²) in [5.74, 6) is 0. The van der Waals surface area contributed by atoms with Crippen LogP contribution in [-0.4, -0.2) is 18.3 Å². The van der Waals surface area contributed by atoms with Crippen LogP contribution >= 0.6 is 0 Å². The van der Waals surface area contributed by atoms with Gasteiger partial charge in [0.2, 0.25) is 0 Å². The van der Waals surface area contributed by atoms with Crippen LogP contribution < -0.4 is 5.66 Å². The van der Waals surface area contributed by atoms with Gasteiger partial charge in [-0.15, -0.1) is 0 Å². The minimum Gasteiger partial charge on any atom is -0.464 e. The third-order valence-corrected chi connectivity index (χ3v) is 6.36. The molecule has 0 N–H and O–H groups in total. The molecule has 3 nitrogen and oxygen atoms in total. The highest BCUT2D eigenvalue weighted by atomic mass is 16.7. The number of fused-ring (bicyclic) bond motifs is 1. The Kier molecular flexibility index (Phi) is 4.39. The maximum absolute atomic E-state index is 6.44. The molecule has 30 heavy (non-hydrogen) atoms. The molecular weight excluding hydrogens is 371 g/mol. The molecular formula is C26H25BO3. The molecule has 4 aromatic rings. The molecule has 1 saturated heterocycles. The lowest BCUT2D eigenvalue weighted by molar-refractivity contribution is 0.00578. The number of hydrogen-bond donors (Lipinski definition) is 0. The number of hydrogen-bond acceptors (Lipinski definition) is 3. The normalized spacial score (nSPS) is 17.5. The molecule has 1 aromatic heterocycles. The topological polar surface area (TPSA) is 31.6 Å². The average molecular weight is 396 g/mol. The van der Waals surface area contributed by atoms with Gasteiger partial charge in [-0.3, -0.25) is 0 Å². The lowest BCUT2D eigenvalue weighted by Crippen LogP contribution is -2.41. The molecule has 3 aromatic carbocycles. The molecule has 150 valence electrons. The summed E-state index contributed by atoms with van der Waals surface area (Å²) in [6, 6.07) is 27.0. The van der Waals surface area contributed by atoms with E-state index in [0.29, 0.717) is 0 Å². The van der Waals surface area contributed by atoms with Gasteiger partial charge >= 0.3 is 7.12 Å². The molecule has 1 fully saturated rings.